The van der Waals surface area contributed by atoms with Crippen LogP contribution in [0.25, 0.3) is 34.0 Å². The second kappa shape index (κ2) is 38.5. The molecule has 0 unspecified atom stereocenters. The third-order valence-electron chi connectivity index (χ3n) is 3.23. The van der Waals surface area contributed by atoms with Gasteiger partial charge in [-0.1, -0.05) is 52.1 Å². The average Bonchev–Trinajstić information content (AvgIpc) is 2.95. The van der Waals surface area contributed by atoms with Crippen molar-refractivity contribution in [2.45, 2.75) is 27.7 Å². The molecule has 0 amide bonds. The molecule has 8 radical (unpaired) electrons. The molecule has 0 saturated heterocycles. The molecule has 4 aromatic rings. The van der Waals surface area contributed by atoms with Crippen molar-refractivity contribution in [3.05, 3.63) is 115 Å². The fraction of sp³-hybridized carbons (Fsp3) is 0.222. The molecule has 36 heavy (non-hydrogen) atoms. The first kappa shape index (κ1) is 48.0. The van der Waals surface area contributed by atoms with Gasteiger partial charge in [0, 0.05) is 100 Å². The first-order valence-electron chi connectivity index (χ1n) is 10.5. The molecule has 4 rings (SSSR count). The predicted molar refractivity (Wildman–Crippen MR) is 150 cm³/mol. The maximum Gasteiger partial charge on any atom is 0.0262 e. The molecule has 0 bridgehead atoms. The first-order chi connectivity index (χ1) is 15.9. The van der Waals surface area contributed by atoms with E-state index < -0.39 is 0 Å². The normalized spacial score (nSPS) is 7.11. The first-order valence-corrected chi connectivity index (χ1v) is 10.5. The molecule has 184 valence electrons. The van der Waals surface area contributed by atoms with Crippen molar-refractivity contribution in [2.24, 2.45) is 0 Å². The van der Waals surface area contributed by atoms with Crippen LogP contribution in [0.15, 0.2) is 91.5 Å². The summed E-state index contributed by atoms with van der Waals surface area (Å²) in [5.74, 6) is 0. The van der Waals surface area contributed by atoms with E-state index in [1.54, 1.807) is 24.8 Å². The third-order valence-corrected chi connectivity index (χ3v) is 3.23. The smallest absolute Gasteiger partial charge is 0.0262 e. The molecule has 0 spiro atoms. The molecule has 3 aromatic heterocycles. The van der Waals surface area contributed by atoms with Crippen molar-refractivity contribution >= 4 is 16.8 Å². The van der Waals surface area contributed by atoms with Gasteiger partial charge in [-0.3, -0.25) is 9.97 Å². The second-order valence-electron chi connectivity index (χ2n) is 4.90. The number of rotatable bonds is 2. The minimum atomic E-state index is 0. The van der Waals surface area contributed by atoms with Crippen LogP contribution in [0.2, 0.25) is 0 Å². The summed E-state index contributed by atoms with van der Waals surface area (Å²) in [4.78, 5) is 12.4. The summed E-state index contributed by atoms with van der Waals surface area (Å²) < 4.78 is 0. The summed E-state index contributed by atoms with van der Waals surface area (Å²) >= 11 is 0. The molecular formula is C27H35B2N5Y2-4. The Labute approximate surface area is 274 Å². The van der Waals surface area contributed by atoms with Gasteiger partial charge >= 0.3 is 0 Å². The maximum absolute atomic E-state index is 5.75. The van der Waals surface area contributed by atoms with E-state index in [9.17, 15) is 0 Å². The molecule has 0 saturated carbocycles. The van der Waals surface area contributed by atoms with Gasteiger partial charge in [-0.05, 0) is 30.1 Å². The zero-order valence-electron chi connectivity index (χ0n) is 22.3. The fourth-order valence-electron chi connectivity index (χ4n) is 2.08. The topological polar surface area (TPSA) is 86.3 Å². The van der Waals surface area contributed by atoms with E-state index in [2.05, 4.69) is 27.1 Å². The molecule has 0 aliphatic heterocycles. The van der Waals surface area contributed by atoms with Crippen molar-refractivity contribution in [1.29, 1.82) is 0 Å². The van der Waals surface area contributed by atoms with Crippen LogP contribution in [0.1, 0.15) is 27.7 Å². The molecular weight excluding hydrogens is 594 g/mol. The van der Waals surface area contributed by atoms with Crippen molar-refractivity contribution in [3.8, 4) is 22.5 Å². The number of benzene rings is 1. The number of hydrogen-bond donors (Lipinski definition) is 0. The zero-order valence-corrected chi connectivity index (χ0v) is 28.0. The summed E-state index contributed by atoms with van der Waals surface area (Å²) in [5, 5.41) is 0. The summed E-state index contributed by atoms with van der Waals surface area (Å²) in [7, 11) is 2.50. The molecule has 2 N–H and O–H groups in total. The van der Waals surface area contributed by atoms with E-state index in [-0.39, 0.29) is 82.2 Å². The number of nitrogens with zero attached hydrogens (tertiary/aromatic N) is 3. The second-order valence-corrected chi connectivity index (χ2v) is 4.90. The Kier molecular flexibility index (Phi) is 51.3. The van der Waals surface area contributed by atoms with E-state index in [0.29, 0.717) is 0 Å². The van der Waals surface area contributed by atoms with E-state index in [0.717, 1.165) is 22.5 Å². The molecule has 0 atom stereocenters. The molecule has 3 heterocycles. The molecule has 0 fully saturated rings. The monoisotopic (exact) mass is 629 g/mol. The Bertz CT molecular complexity index is 712. The van der Waals surface area contributed by atoms with Crippen LogP contribution in [0.5, 0.6) is 0 Å². The third kappa shape index (κ3) is 22.2. The fourth-order valence-corrected chi connectivity index (χ4v) is 2.08. The Morgan fingerprint density at radius 2 is 1.08 bits per heavy atom. The van der Waals surface area contributed by atoms with Gasteiger partial charge in [0.1, 0.15) is 0 Å². The number of pyridine rings is 3. The largest absolute Gasteiger partial charge is 0.680 e. The van der Waals surface area contributed by atoms with Gasteiger partial charge in [0.05, 0.1) is 0 Å². The average molecular weight is 629 g/mol. The van der Waals surface area contributed by atoms with Crippen molar-refractivity contribution < 1.29 is 65.4 Å². The summed E-state index contributed by atoms with van der Waals surface area (Å²) in [6.45, 7) is 8.00. The molecule has 9 heteroatoms. The van der Waals surface area contributed by atoms with Gasteiger partial charge < -0.3 is 16.5 Å². The molecule has 0 aliphatic rings. The number of nitrogens with one attached hydrogen (secondary N) is 2. The van der Waals surface area contributed by atoms with Crippen LogP contribution in [-0.2, 0) is 65.4 Å². The quantitative estimate of drug-likeness (QED) is 0.175. The van der Waals surface area contributed by atoms with Crippen molar-refractivity contribution in [1.82, 2.24) is 15.0 Å². The van der Waals surface area contributed by atoms with E-state index in [1.165, 1.54) is 14.1 Å². The maximum atomic E-state index is 5.75. The van der Waals surface area contributed by atoms with E-state index >= 15 is 0 Å². The Morgan fingerprint density at radius 1 is 0.611 bits per heavy atom. The molecule has 1 aromatic carbocycles. The Hall–Kier alpha value is -1.07. The summed E-state index contributed by atoms with van der Waals surface area (Å²) in [5.41, 5.74) is 15.5. The van der Waals surface area contributed by atoms with Crippen LogP contribution in [-0.4, -0.2) is 45.9 Å². The van der Waals surface area contributed by atoms with Crippen molar-refractivity contribution in [3.63, 3.8) is 0 Å². The van der Waals surface area contributed by atoms with Crippen molar-refractivity contribution in [2.75, 3.05) is 14.1 Å². The Balaban J connectivity index is -0.0000000901. The van der Waals surface area contributed by atoms with Gasteiger partial charge in [-0.25, -0.2) is 12.1 Å². The van der Waals surface area contributed by atoms with Gasteiger partial charge in [-0.15, -0.1) is 11.1 Å². The van der Waals surface area contributed by atoms with Gasteiger partial charge in [0.2, 0.25) is 0 Å². The molecule has 5 nitrogen and oxygen atoms in total. The minimum absolute atomic E-state index is 0. The van der Waals surface area contributed by atoms with Crippen LogP contribution < -0.4 is 0 Å². The SMILES string of the molecule is CC.CC.C[NH-].C[NH-].[B].[B].[Y].[Y].[c-]1cccc(-c2ccccn2)c1.[c-]1cncc(-c2ccccn2)c1. The van der Waals surface area contributed by atoms with E-state index in [1.807, 2.05) is 94.4 Å². The van der Waals surface area contributed by atoms with Gasteiger partial charge in [0.15, 0.2) is 0 Å². The standard InChI is InChI=1S/C11H8N.C10H7N2.2C2H6.2CH4N.2B.2Y/c1-2-6-10(7-3-1)11-8-4-5-9-12-11;1-2-7-12-10(5-1)9-4-3-6-11-8-9;4*1-2;;;;/h1-2,4-9H;1-2,4-8H;2*1-2H3;2*2H,1H3;;;;/q2*-1;;;2*-1;;;;. The Morgan fingerprint density at radius 3 is 1.44 bits per heavy atom. The van der Waals surface area contributed by atoms with Crippen LogP contribution in [0.3, 0.4) is 0 Å². The van der Waals surface area contributed by atoms with Gasteiger partial charge in [0.25, 0.3) is 0 Å². The predicted octanol–water partition coefficient (Wildman–Crippen LogP) is 7.12. The summed E-state index contributed by atoms with van der Waals surface area (Å²) in [6.07, 6.45) is 6.97. The number of hydrogen-bond acceptors (Lipinski definition) is 3. The van der Waals surface area contributed by atoms with Gasteiger partial charge in [-0.2, -0.15) is 44.4 Å². The zero-order chi connectivity index (χ0) is 24.5. The summed E-state index contributed by atoms with van der Waals surface area (Å²) in [6, 6.07) is 27.3. The minimum Gasteiger partial charge on any atom is -0.680 e. The number of aromatic nitrogens is 3. The van der Waals surface area contributed by atoms with Crippen LogP contribution in [0.4, 0.5) is 0 Å². The van der Waals surface area contributed by atoms with Crippen LogP contribution >= 0.6 is 0 Å². The van der Waals surface area contributed by atoms with Crippen LogP contribution in [0, 0.1) is 12.1 Å². The van der Waals surface area contributed by atoms with E-state index in [4.69, 9.17) is 11.5 Å². The molecule has 0 aliphatic carbocycles.